The van der Waals surface area contributed by atoms with Crippen molar-refractivity contribution in [1.82, 2.24) is 14.5 Å². The standard InChI is InChI=1S/C19H29N3O5S/c1-4-19(2,3)20-18(23)14-21-7-9-22(10-8-21)28(24,25)15-5-6-16-17(13-15)27-12-11-26-16/h5-6,13H,4,7-12,14H2,1-3H3,(H,20,23). The van der Waals surface area contributed by atoms with Crippen molar-refractivity contribution in [3.63, 3.8) is 0 Å². The average molecular weight is 412 g/mol. The van der Waals surface area contributed by atoms with E-state index in [1.165, 1.54) is 10.4 Å². The highest BCUT2D eigenvalue weighted by molar-refractivity contribution is 7.89. The first-order valence-corrected chi connectivity index (χ1v) is 11.1. The maximum absolute atomic E-state index is 13.0. The van der Waals surface area contributed by atoms with Gasteiger partial charge in [-0.05, 0) is 32.4 Å². The minimum absolute atomic E-state index is 0.0324. The van der Waals surface area contributed by atoms with Gasteiger partial charge in [-0.3, -0.25) is 9.69 Å². The van der Waals surface area contributed by atoms with Crippen LogP contribution in [0.1, 0.15) is 27.2 Å². The summed E-state index contributed by atoms with van der Waals surface area (Å²) in [5.41, 5.74) is -0.236. The predicted octanol–water partition coefficient (Wildman–Crippen LogP) is 1.07. The van der Waals surface area contributed by atoms with E-state index in [0.717, 1.165) is 6.42 Å². The fourth-order valence-electron chi connectivity index (χ4n) is 3.17. The Kier molecular flexibility index (Phi) is 6.16. The molecule has 1 aromatic rings. The van der Waals surface area contributed by atoms with Crippen molar-refractivity contribution in [1.29, 1.82) is 0 Å². The fraction of sp³-hybridized carbons (Fsp3) is 0.632. The molecule has 0 aromatic heterocycles. The van der Waals surface area contributed by atoms with E-state index in [1.807, 2.05) is 25.7 Å². The molecule has 1 amide bonds. The number of nitrogens with zero attached hydrogens (tertiary/aromatic N) is 2. The number of sulfonamides is 1. The highest BCUT2D eigenvalue weighted by Crippen LogP contribution is 2.33. The van der Waals surface area contributed by atoms with Crippen LogP contribution in [0.25, 0.3) is 0 Å². The SMILES string of the molecule is CCC(C)(C)NC(=O)CN1CCN(S(=O)(=O)c2ccc3c(c2)OCCO3)CC1. The van der Waals surface area contributed by atoms with Gasteiger partial charge in [0.2, 0.25) is 15.9 Å². The molecule has 2 aliphatic heterocycles. The van der Waals surface area contributed by atoms with E-state index in [4.69, 9.17) is 9.47 Å². The number of hydrogen-bond acceptors (Lipinski definition) is 6. The van der Waals surface area contributed by atoms with Gasteiger partial charge >= 0.3 is 0 Å². The lowest BCUT2D eigenvalue weighted by Crippen LogP contribution is -2.53. The zero-order valence-corrected chi connectivity index (χ0v) is 17.5. The summed E-state index contributed by atoms with van der Waals surface area (Å²) in [5.74, 6) is 0.993. The van der Waals surface area contributed by atoms with E-state index in [0.29, 0.717) is 50.9 Å². The quantitative estimate of drug-likeness (QED) is 0.753. The number of hydrogen-bond donors (Lipinski definition) is 1. The molecule has 1 aromatic carbocycles. The van der Waals surface area contributed by atoms with Gasteiger partial charge in [0, 0.05) is 37.8 Å². The average Bonchev–Trinajstić information content (AvgIpc) is 2.67. The molecule has 0 bridgehead atoms. The molecule has 28 heavy (non-hydrogen) atoms. The second-order valence-electron chi connectivity index (χ2n) is 7.77. The molecule has 1 fully saturated rings. The Labute approximate surface area is 166 Å². The van der Waals surface area contributed by atoms with Crippen molar-refractivity contribution in [3.05, 3.63) is 18.2 Å². The third kappa shape index (κ3) is 4.76. The van der Waals surface area contributed by atoms with Crippen LogP contribution in [-0.2, 0) is 14.8 Å². The molecule has 0 aliphatic carbocycles. The topological polar surface area (TPSA) is 88.2 Å². The molecule has 8 nitrogen and oxygen atoms in total. The van der Waals surface area contributed by atoms with Crippen LogP contribution in [0.5, 0.6) is 11.5 Å². The number of rotatable bonds is 6. The number of carbonyl (C=O) groups is 1. The first-order valence-electron chi connectivity index (χ1n) is 9.64. The summed E-state index contributed by atoms with van der Waals surface area (Å²) < 4.78 is 38.3. The van der Waals surface area contributed by atoms with Crippen molar-refractivity contribution in [3.8, 4) is 11.5 Å². The van der Waals surface area contributed by atoms with Gasteiger partial charge < -0.3 is 14.8 Å². The lowest BCUT2D eigenvalue weighted by atomic mass is 10.0. The third-order valence-electron chi connectivity index (χ3n) is 5.21. The number of fused-ring (bicyclic) bond motifs is 1. The summed E-state index contributed by atoms with van der Waals surface area (Å²) in [4.78, 5) is 14.4. The van der Waals surface area contributed by atoms with Gasteiger partial charge in [-0.2, -0.15) is 4.31 Å². The van der Waals surface area contributed by atoms with E-state index >= 15 is 0 Å². The van der Waals surface area contributed by atoms with E-state index in [1.54, 1.807) is 12.1 Å². The van der Waals surface area contributed by atoms with Gasteiger partial charge in [-0.1, -0.05) is 6.92 Å². The smallest absolute Gasteiger partial charge is 0.243 e. The fourth-order valence-corrected chi connectivity index (χ4v) is 4.61. The van der Waals surface area contributed by atoms with Crippen LogP contribution in [0.2, 0.25) is 0 Å². The zero-order chi connectivity index (χ0) is 20.4. The van der Waals surface area contributed by atoms with Crippen LogP contribution >= 0.6 is 0 Å². The van der Waals surface area contributed by atoms with Crippen molar-refractivity contribution in [2.75, 3.05) is 45.9 Å². The van der Waals surface area contributed by atoms with Gasteiger partial charge in [-0.15, -0.1) is 0 Å². The first-order chi connectivity index (χ1) is 13.2. The molecule has 1 N–H and O–H groups in total. The number of piperazine rings is 1. The molecule has 0 radical (unpaired) electrons. The minimum atomic E-state index is -3.61. The third-order valence-corrected chi connectivity index (χ3v) is 7.11. The summed E-state index contributed by atoms with van der Waals surface area (Å²) >= 11 is 0. The van der Waals surface area contributed by atoms with Gasteiger partial charge in [0.25, 0.3) is 0 Å². The van der Waals surface area contributed by atoms with Crippen LogP contribution < -0.4 is 14.8 Å². The Morgan fingerprint density at radius 3 is 2.39 bits per heavy atom. The Bertz CT molecular complexity index is 817. The zero-order valence-electron chi connectivity index (χ0n) is 16.7. The summed E-state index contributed by atoms with van der Waals surface area (Å²) in [6.07, 6.45) is 0.848. The molecular weight excluding hydrogens is 382 g/mol. The van der Waals surface area contributed by atoms with Crippen LogP contribution in [-0.4, -0.2) is 75.0 Å². The van der Waals surface area contributed by atoms with Gasteiger partial charge in [0.1, 0.15) is 13.2 Å². The number of carbonyl (C=O) groups excluding carboxylic acids is 1. The molecule has 156 valence electrons. The van der Waals surface area contributed by atoms with Crippen LogP contribution in [0, 0.1) is 0 Å². The number of benzene rings is 1. The van der Waals surface area contributed by atoms with E-state index in [9.17, 15) is 13.2 Å². The normalized spacial score (nSPS) is 18.7. The molecule has 9 heteroatoms. The predicted molar refractivity (Wildman–Crippen MR) is 105 cm³/mol. The molecule has 2 aliphatic rings. The second-order valence-corrected chi connectivity index (χ2v) is 9.71. The summed E-state index contributed by atoms with van der Waals surface area (Å²) in [5, 5.41) is 3.01. The lowest BCUT2D eigenvalue weighted by Gasteiger charge is -2.34. The largest absolute Gasteiger partial charge is 0.486 e. The Morgan fingerprint density at radius 1 is 1.11 bits per heavy atom. The van der Waals surface area contributed by atoms with Gasteiger partial charge in [-0.25, -0.2) is 8.42 Å². The summed E-state index contributed by atoms with van der Waals surface area (Å²) in [6, 6.07) is 4.71. The molecule has 1 saturated heterocycles. The maximum Gasteiger partial charge on any atom is 0.243 e. The molecule has 2 heterocycles. The Balaban J connectivity index is 1.59. The van der Waals surface area contributed by atoms with Crippen molar-refractivity contribution >= 4 is 15.9 Å². The van der Waals surface area contributed by atoms with Crippen molar-refractivity contribution in [2.45, 2.75) is 37.6 Å². The van der Waals surface area contributed by atoms with Gasteiger partial charge in [0.05, 0.1) is 11.4 Å². The van der Waals surface area contributed by atoms with Gasteiger partial charge in [0.15, 0.2) is 11.5 Å². The van der Waals surface area contributed by atoms with Crippen LogP contribution in [0.15, 0.2) is 23.1 Å². The lowest BCUT2D eigenvalue weighted by molar-refractivity contribution is -0.124. The van der Waals surface area contributed by atoms with Crippen molar-refractivity contribution in [2.24, 2.45) is 0 Å². The molecule has 0 unspecified atom stereocenters. The second kappa shape index (κ2) is 8.26. The van der Waals surface area contributed by atoms with E-state index < -0.39 is 10.0 Å². The summed E-state index contributed by atoms with van der Waals surface area (Å²) in [7, 11) is -3.61. The number of amides is 1. The molecular formula is C19H29N3O5S. The number of nitrogens with one attached hydrogen (secondary N) is 1. The molecule has 0 atom stereocenters. The highest BCUT2D eigenvalue weighted by atomic mass is 32.2. The monoisotopic (exact) mass is 411 g/mol. The maximum atomic E-state index is 13.0. The first kappa shape index (κ1) is 20.9. The van der Waals surface area contributed by atoms with E-state index in [-0.39, 0.29) is 22.9 Å². The minimum Gasteiger partial charge on any atom is -0.486 e. The molecule has 0 spiro atoms. The molecule has 0 saturated carbocycles. The van der Waals surface area contributed by atoms with Crippen LogP contribution in [0.3, 0.4) is 0 Å². The molecule has 3 rings (SSSR count). The summed E-state index contributed by atoms with van der Waals surface area (Å²) in [6.45, 7) is 8.89. The highest BCUT2D eigenvalue weighted by Gasteiger charge is 2.30. The Hall–Kier alpha value is -1.84. The Morgan fingerprint density at radius 2 is 1.75 bits per heavy atom. The van der Waals surface area contributed by atoms with Crippen molar-refractivity contribution < 1.29 is 22.7 Å². The van der Waals surface area contributed by atoms with E-state index in [2.05, 4.69) is 5.32 Å². The number of ether oxygens (including phenoxy) is 2. The van der Waals surface area contributed by atoms with Crippen LogP contribution in [0.4, 0.5) is 0 Å².